The average Bonchev–Trinajstić information content (AvgIpc) is 2.61. The molecule has 1 atom stereocenters. The molecule has 0 aromatic heterocycles. The largest absolute Gasteiger partial charge is 0.448 e. The van der Waals surface area contributed by atoms with Gasteiger partial charge in [0.15, 0.2) is 6.10 Å². The number of carbonyl (C=O) groups is 2. The van der Waals surface area contributed by atoms with Crippen molar-refractivity contribution in [2.45, 2.75) is 19.1 Å². The number of nitrogens with one attached hydrogen (secondary N) is 1. The topological polar surface area (TPSA) is 55.4 Å². The van der Waals surface area contributed by atoms with Gasteiger partial charge in [-0.2, -0.15) is 0 Å². The van der Waals surface area contributed by atoms with E-state index in [4.69, 9.17) is 4.74 Å². The van der Waals surface area contributed by atoms with Crippen molar-refractivity contribution in [1.82, 2.24) is 5.32 Å². The van der Waals surface area contributed by atoms with Crippen molar-refractivity contribution in [1.29, 1.82) is 0 Å². The zero-order valence-electron chi connectivity index (χ0n) is 12.8. The summed E-state index contributed by atoms with van der Waals surface area (Å²) in [5.74, 6) is -0.856. The Kier molecular flexibility index (Phi) is 6.12. The first-order chi connectivity index (χ1) is 11.2. The van der Waals surface area contributed by atoms with Gasteiger partial charge in [-0.25, -0.2) is 4.79 Å². The molecule has 0 heterocycles. The number of ether oxygens (including phenoxy) is 1. The second kappa shape index (κ2) is 8.54. The first-order valence-corrected chi connectivity index (χ1v) is 7.39. The van der Waals surface area contributed by atoms with Gasteiger partial charge in [0.05, 0.1) is 5.56 Å². The third-order valence-corrected chi connectivity index (χ3v) is 3.24. The highest BCUT2D eigenvalue weighted by atomic mass is 16.5. The molecule has 0 aliphatic carbocycles. The lowest BCUT2D eigenvalue weighted by molar-refractivity contribution is -0.130. The van der Waals surface area contributed by atoms with E-state index in [-0.39, 0.29) is 12.3 Å². The zero-order valence-corrected chi connectivity index (χ0v) is 12.8. The fraction of sp³-hybridized carbons (Fsp3) is 0.158. The summed E-state index contributed by atoms with van der Waals surface area (Å²) in [6.45, 7) is 4.00. The molecule has 0 spiro atoms. The number of carbonyl (C=O) groups excluding carboxylic acids is 2. The van der Waals surface area contributed by atoms with E-state index in [9.17, 15) is 9.59 Å². The first-order valence-electron chi connectivity index (χ1n) is 7.39. The molecule has 2 aromatic rings. The van der Waals surface area contributed by atoms with E-state index >= 15 is 0 Å². The van der Waals surface area contributed by atoms with Gasteiger partial charge < -0.3 is 10.1 Å². The minimum atomic E-state index is -0.885. The molecular weight excluding hydrogens is 290 g/mol. The molecule has 1 unspecified atom stereocenters. The maximum Gasteiger partial charge on any atom is 0.338 e. The van der Waals surface area contributed by atoms with Crippen LogP contribution >= 0.6 is 0 Å². The van der Waals surface area contributed by atoms with Crippen molar-refractivity contribution in [3.8, 4) is 0 Å². The minimum absolute atomic E-state index is 0.263. The Morgan fingerprint density at radius 2 is 1.65 bits per heavy atom. The van der Waals surface area contributed by atoms with Crippen LogP contribution in [0.5, 0.6) is 0 Å². The Hall–Kier alpha value is -2.88. The molecule has 0 bridgehead atoms. The van der Waals surface area contributed by atoms with Gasteiger partial charge in [0.1, 0.15) is 0 Å². The van der Waals surface area contributed by atoms with E-state index in [1.54, 1.807) is 30.3 Å². The first kappa shape index (κ1) is 16.5. The summed E-state index contributed by atoms with van der Waals surface area (Å²) in [5.41, 5.74) is 1.39. The number of amides is 1. The summed E-state index contributed by atoms with van der Waals surface area (Å²) < 4.78 is 5.30. The Bertz CT molecular complexity index is 653. The molecule has 0 radical (unpaired) electrons. The van der Waals surface area contributed by atoms with Crippen LogP contribution in [-0.4, -0.2) is 18.0 Å². The van der Waals surface area contributed by atoms with Gasteiger partial charge in [0.2, 0.25) is 0 Å². The van der Waals surface area contributed by atoms with E-state index in [1.165, 1.54) is 0 Å². The summed E-state index contributed by atoms with van der Waals surface area (Å²) in [6.07, 6.45) is 0.938. The van der Waals surface area contributed by atoms with E-state index in [2.05, 4.69) is 11.9 Å². The van der Waals surface area contributed by atoms with Crippen LogP contribution in [0.2, 0.25) is 0 Å². The number of hydrogen-bond acceptors (Lipinski definition) is 3. The van der Waals surface area contributed by atoms with E-state index < -0.39 is 12.1 Å². The molecule has 0 saturated heterocycles. The average molecular weight is 309 g/mol. The predicted molar refractivity (Wildman–Crippen MR) is 88.7 cm³/mol. The van der Waals surface area contributed by atoms with E-state index in [1.807, 2.05) is 36.4 Å². The lowest BCUT2D eigenvalue weighted by Crippen LogP contribution is -2.37. The van der Waals surface area contributed by atoms with Gasteiger partial charge in [0, 0.05) is 13.0 Å². The molecule has 0 aliphatic rings. The quantitative estimate of drug-likeness (QED) is 0.631. The molecule has 1 amide bonds. The van der Waals surface area contributed by atoms with Gasteiger partial charge in [-0.05, 0) is 17.7 Å². The van der Waals surface area contributed by atoms with Gasteiger partial charge >= 0.3 is 5.97 Å². The fourth-order valence-electron chi connectivity index (χ4n) is 2.03. The second-order valence-electron chi connectivity index (χ2n) is 4.99. The van der Waals surface area contributed by atoms with Crippen LogP contribution < -0.4 is 5.32 Å². The molecule has 4 nitrogen and oxygen atoms in total. The summed E-state index contributed by atoms with van der Waals surface area (Å²) in [7, 11) is 0. The van der Waals surface area contributed by atoms with Crippen molar-refractivity contribution in [2.24, 2.45) is 0 Å². The lowest BCUT2D eigenvalue weighted by Gasteiger charge is -2.16. The highest BCUT2D eigenvalue weighted by Gasteiger charge is 2.22. The summed E-state index contributed by atoms with van der Waals surface area (Å²) in [6, 6.07) is 18.1. The van der Waals surface area contributed by atoms with Crippen LogP contribution in [0.3, 0.4) is 0 Å². The van der Waals surface area contributed by atoms with Crippen LogP contribution in [0, 0.1) is 0 Å². The van der Waals surface area contributed by atoms with Gasteiger partial charge in [0.25, 0.3) is 5.91 Å². The fourth-order valence-corrected chi connectivity index (χ4v) is 2.03. The normalized spacial score (nSPS) is 11.3. The van der Waals surface area contributed by atoms with E-state index in [0.29, 0.717) is 12.1 Å². The minimum Gasteiger partial charge on any atom is -0.448 e. The maximum absolute atomic E-state index is 12.2. The van der Waals surface area contributed by atoms with Crippen LogP contribution in [0.4, 0.5) is 0 Å². The monoisotopic (exact) mass is 309 g/mol. The smallest absolute Gasteiger partial charge is 0.338 e. The molecule has 1 N–H and O–H groups in total. The van der Waals surface area contributed by atoms with Gasteiger partial charge in [-0.15, -0.1) is 6.58 Å². The Morgan fingerprint density at radius 1 is 1.04 bits per heavy atom. The molecule has 0 fully saturated rings. The highest BCUT2D eigenvalue weighted by molar-refractivity contribution is 5.92. The number of esters is 1. The highest BCUT2D eigenvalue weighted by Crippen LogP contribution is 2.08. The molecule has 0 aliphatic heterocycles. The molecule has 4 heteroatoms. The summed E-state index contributed by atoms with van der Waals surface area (Å²) in [5, 5.41) is 2.78. The van der Waals surface area contributed by atoms with Crippen LogP contribution in [0.25, 0.3) is 0 Å². The van der Waals surface area contributed by atoms with Crippen molar-refractivity contribution in [3.05, 3.63) is 84.4 Å². The van der Waals surface area contributed by atoms with E-state index in [0.717, 1.165) is 5.56 Å². The number of hydrogen-bond donors (Lipinski definition) is 1. The molecule has 118 valence electrons. The third kappa shape index (κ3) is 5.11. The van der Waals surface area contributed by atoms with Crippen molar-refractivity contribution in [3.63, 3.8) is 0 Å². The molecule has 2 aromatic carbocycles. The van der Waals surface area contributed by atoms with Crippen LogP contribution in [0.15, 0.2) is 73.3 Å². The van der Waals surface area contributed by atoms with Gasteiger partial charge in [-0.1, -0.05) is 54.6 Å². The predicted octanol–water partition coefficient (Wildman–Crippen LogP) is 3.10. The summed E-state index contributed by atoms with van der Waals surface area (Å²) in [4.78, 5) is 24.3. The molecule has 2 rings (SSSR count). The molecule has 0 saturated carbocycles. The Labute approximate surface area is 135 Å². The maximum atomic E-state index is 12.2. The Balaban J connectivity index is 1.95. The zero-order chi connectivity index (χ0) is 16.5. The lowest BCUT2D eigenvalue weighted by atomic mass is 10.2. The van der Waals surface area contributed by atoms with Crippen molar-refractivity contribution < 1.29 is 14.3 Å². The number of rotatable bonds is 7. The molecular formula is C19H19NO3. The van der Waals surface area contributed by atoms with Gasteiger partial charge in [-0.3, -0.25) is 4.79 Å². The third-order valence-electron chi connectivity index (χ3n) is 3.24. The number of benzene rings is 2. The summed E-state index contributed by atoms with van der Waals surface area (Å²) >= 11 is 0. The van der Waals surface area contributed by atoms with Crippen LogP contribution in [0.1, 0.15) is 22.3 Å². The van der Waals surface area contributed by atoms with Crippen molar-refractivity contribution >= 4 is 11.9 Å². The SMILES string of the molecule is C=CCC(OC(=O)c1ccccc1)C(=O)NCc1ccccc1. The molecule has 23 heavy (non-hydrogen) atoms. The Morgan fingerprint density at radius 3 is 2.26 bits per heavy atom. The second-order valence-corrected chi connectivity index (χ2v) is 4.99. The standard InChI is InChI=1S/C19H19NO3/c1-2-9-17(23-19(22)16-12-7-4-8-13-16)18(21)20-14-15-10-5-3-6-11-15/h2-8,10-13,17H,1,9,14H2,(H,20,21). The van der Waals surface area contributed by atoms with Crippen molar-refractivity contribution in [2.75, 3.05) is 0 Å². The van der Waals surface area contributed by atoms with Crippen LogP contribution in [-0.2, 0) is 16.1 Å².